The van der Waals surface area contributed by atoms with Gasteiger partial charge in [0.25, 0.3) is 5.92 Å². The van der Waals surface area contributed by atoms with Crippen LogP contribution in [0.2, 0.25) is 0 Å². The zero-order valence-corrected chi connectivity index (χ0v) is 9.84. The molecule has 1 saturated heterocycles. The van der Waals surface area contributed by atoms with Gasteiger partial charge in [-0.25, -0.2) is 13.2 Å². The highest BCUT2D eigenvalue weighted by atomic mass is 19.3. The lowest BCUT2D eigenvalue weighted by atomic mass is 9.94. The topological polar surface area (TPSA) is 38.5 Å². The van der Waals surface area contributed by atoms with Gasteiger partial charge < -0.3 is 15.4 Å². The maximum atomic E-state index is 13.8. The number of benzene rings is 1. The van der Waals surface area contributed by atoms with Crippen LogP contribution in [0.1, 0.15) is 6.42 Å². The number of anilines is 2. The lowest BCUT2D eigenvalue weighted by Gasteiger charge is -2.42. The maximum absolute atomic E-state index is 13.8. The Bertz CT molecular complexity index is 512. The van der Waals surface area contributed by atoms with Gasteiger partial charge in [-0.2, -0.15) is 0 Å². The third-order valence-corrected chi connectivity index (χ3v) is 3.83. The molecule has 3 rings (SSSR count). The van der Waals surface area contributed by atoms with E-state index in [0.717, 1.165) is 0 Å². The Morgan fingerprint density at radius 3 is 2.44 bits per heavy atom. The number of halogens is 3. The summed E-state index contributed by atoms with van der Waals surface area (Å²) in [5, 5.41) is 0. The van der Waals surface area contributed by atoms with E-state index in [-0.39, 0.29) is 30.9 Å². The standard InChI is InChI=1S/C12H13F3N2O/c1-18-10-8(16)3-2-7(13)9(10)17-5-11(6-17)4-12(11,14)15/h2-3H,4-6,16H2,1H3. The first-order chi connectivity index (χ1) is 8.40. The molecule has 1 aromatic carbocycles. The molecule has 2 aliphatic rings. The Morgan fingerprint density at radius 1 is 1.33 bits per heavy atom. The molecule has 2 fully saturated rings. The molecular formula is C12H13F3N2O. The van der Waals surface area contributed by atoms with Gasteiger partial charge in [0, 0.05) is 19.5 Å². The normalized spacial score (nSPS) is 22.8. The average Bonchev–Trinajstić information content (AvgIpc) is 2.83. The van der Waals surface area contributed by atoms with Crippen molar-refractivity contribution in [1.29, 1.82) is 0 Å². The Kier molecular flexibility index (Phi) is 2.07. The van der Waals surface area contributed by atoms with Crippen molar-refractivity contribution >= 4 is 11.4 Å². The minimum atomic E-state index is -2.60. The minimum Gasteiger partial charge on any atom is -0.492 e. The van der Waals surface area contributed by atoms with Gasteiger partial charge in [0.1, 0.15) is 11.5 Å². The monoisotopic (exact) mass is 258 g/mol. The van der Waals surface area contributed by atoms with E-state index in [1.807, 2.05) is 0 Å². The van der Waals surface area contributed by atoms with Gasteiger partial charge in [-0.05, 0) is 12.1 Å². The second kappa shape index (κ2) is 3.24. The zero-order chi connectivity index (χ0) is 13.1. The molecule has 1 heterocycles. The molecule has 98 valence electrons. The van der Waals surface area contributed by atoms with Crippen LogP contribution in [0.15, 0.2) is 12.1 Å². The van der Waals surface area contributed by atoms with Gasteiger partial charge in [0.05, 0.1) is 18.2 Å². The summed E-state index contributed by atoms with van der Waals surface area (Å²) in [6.07, 6.45) is -0.108. The summed E-state index contributed by atoms with van der Waals surface area (Å²) in [5.74, 6) is -2.89. The predicted molar refractivity (Wildman–Crippen MR) is 61.6 cm³/mol. The van der Waals surface area contributed by atoms with Crippen LogP contribution in [0.5, 0.6) is 5.75 Å². The Balaban J connectivity index is 1.89. The van der Waals surface area contributed by atoms with Gasteiger partial charge in [0.2, 0.25) is 0 Å². The van der Waals surface area contributed by atoms with Crippen LogP contribution >= 0.6 is 0 Å². The lowest BCUT2D eigenvalue weighted by Crippen LogP contribution is -2.52. The van der Waals surface area contributed by atoms with E-state index in [0.29, 0.717) is 5.69 Å². The van der Waals surface area contributed by atoms with Crippen molar-refractivity contribution in [3.8, 4) is 5.75 Å². The highest BCUT2D eigenvalue weighted by molar-refractivity contribution is 5.72. The molecule has 2 N–H and O–H groups in total. The first kappa shape index (κ1) is 11.5. The van der Waals surface area contributed by atoms with Crippen molar-refractivity contribution < 1.29 is 17.9 Å². The van der Waals surface area contributed by atoms with E-state index in [2.05, 4.69) is 0 Å². The molecule has 0 atom stereocenters. The number of hydrogen-bond donors (Lipinski definition) is 1. The van der Waals surface area contributed by atoms with Gasteiger partial charge in [0.15, 0.2) is 5.75 Å². The lowest BCUT2D eigenvalue weighted by molar-refractivity contribution is 0.0517. The number of alkyl halides is 2. The number of nitrogens with zero attached hydrogens (tertiary/aromatic N) is 1. The molecule has 0 amide bonds. The third-order valence-electron chi connectivity index (χ3n) is 3.83. The fourth-order valence-corrected chi connectivity index (χ4v) is 2.64. The van der Waals surface area contributed by atoms with Crippen LogP contribution in [-0.4, -0.2) is 26.1 Å². The van der Waals surface area contributed by atoms with Crippen LogP contribution in [-0.2, 0) is 0 Å². The quantitative estimate of drug-likeness (QED) is 0.827. The number of rotatable bonds is 2. The predicted octanol–water partition coefficient (Wildman–Crippen LogP) is 2.26. The fourth-order valence-electron chi connectivity index (χ4n) is 2.64. The molecule has 1 aromatic rings. The van der Waals surface area contributed by atoms with Gasteiger partial charge in [-0.15, -0.1) is 0 Å². The number of hydrogen-bond acceptors (Lipinski definition) is 3. The Morgan fingerprint density at radius 2 is 1.94 bits per heavy atom. The molecule has 0 unspecified atom stereocenters. The summed E-state index contributed by atoms with van der Waals surface area (Å²) in [7, 11) is 1.38. The Hall–Kier alpha value is -1.59. The van der Waals surface area contributed by atoms with Gasteiger partial charge >= 0.3 is 0 Å². The second-order valence-electron chi connectivity index (χ2n) is 5.04. The molecule has 18 heavy (non-hydrogen) atoms. The fraction of sp³-hybridized carbons (Fsp3) is 0.500. The molecule has 6 heteroatoms. The van der Waals surface area contributed by atoms with Crippen molar-refractivity contribution in [2.45, 2.75) is 12.3 Å². The van der Waals surface area contributed by atoms with E-state index in [4.69, 9.17) is 10.5 Å². The second-order valence-corrected chi connectivity index (χ2v) is 5.04. The minimum absolute atomic E-state index is 0.108. The van der Waals surface area contributed by atoms with Gasteiger partial charge in [-0.1, -0.05) is 0 Å². The SMILES string of the molecule is COc1c(N)ccc(F)c1N1CC2(C1)CC2(F)F. The van der Waals surface area contributed by atoms with E-state index in [1.54, 1.807) is 4.90 Å². The largest absolute Gasteiger partial charge is 0.492 e. The molecular weight excluding hydrogens is 245 g/mol. The van der Waals surface area contributed by atoms with E-state index in [1.165, 1.54) is 19.2 Å². The molecule has 1 aliphatic heterocycles. The third kappa shape index (κ3) is 1.31. The van der Waals surface area contributed by atoms with Crippen LogP contribution in [0.3, 0.4) is 0 Å². The summed E-state index contributed by atoms with van der Waals surface area (Å²) >= 11 is 0. The highest BCUT2D eigenvalue weighted by Crippen LogP contribution is 2.66. The molecule has 0 bridgehead atoms. The number of ether oxygens (including phenoxy) is 1. The molecule has 3 nitrogen and oxygen atoms in total. The molecule has 1 saturated carbocycles. The van der Waals surface area contributed by atoms with E-state index >= 15 is 0 Å². The summed E-state index contributed by atoms with van der Waals surface area (Å²) < 4.78 is 45.1. The molecule has 1 spiro atoms. The number of nitrogen functional groups attached to an aromatic ring is 1. The molecule has 0 aromatic heterocycles. The van der Waals surface area contributed by atoms with Crippen molar-refractivity contribution in [3.63, 3.8) is 0 Å². The summed E-state index contributed by atoms with van der Waals surface area (Å²) in [6, 6.07) is 2.63. The smallest absolute Gasteiger partial charge is 0.258 e. The van der Waals surface area contributed by atoms with Gasteiger partial charge in [-0.3, -0.25) is 0 Å². The van der Waals surface area contributed by atoms with Crippen LogP contribution in [0.25, 0.3) is 0 Å². The maximum Gasteiger partial charge on any atom is 0.258 e. The van der Waals surface area contributed by atoms with Crippen LogP contribution in [0, 0.1) is 11.2 Å². The summed E-state index contributed by atoms with van der Waals surface area (Å²) in [4.78, 5) is 1.56. The first-order valence-electron chi connectivity index (χ1n) is 5.65. The van der Waals surface area contributed by atoms with Crippen LogP contribution in [0.4, 0.5) is 24.5 Å². The van der Waals surface area contributed by atoms with E-state index < -0.39 is 17.2 Å². The van der Waals surface area contributed by atoms with Crippen molar-refractivity contribution in [2.75, 3.05) is 30.8 Å². The number of nitrogens with two attached hydrogens (primary N) is 1. The summed E-state index contributed by atoms with van der Waals surface area (Å²) in [6.45, 7) is 0.299. The van der Waals surface area contributed by atoms with Crippen molar-refractivity contribution in [1.82, 2.24) is 0 Å². The van der Waals surface area contributed by atoms with Crippen LogP contribution < -0.4 is 15.4 Å². The molecule has 0 radical (unpaired) electrons. The average molecular weight is 258 g/mol. The highest BCUT2D eigenvalue weighted by Gasteiger charge is 2.76. The van der Waals surface area contributed by atoms with E-state index in [9.17, 15) is 13.2 Å². The Labute approximate surface area is 102 Å². The van der Waals surface area contributed by atoms with Crippen molar-refractivity contribution in [3.05, 3.63) is 17.9 Å². The first-order valence-corrected chi connectivity index (χ1v) is 5.65. The van der Waals surface area contributed by atoms with Crippen molar-refractivity contribution in [2.24, 2.45) is 5.41 Å². The summed E-state index contributed by atoms with van der Waals surface area (Å²) in [5.41, 5.74) is 5.23. The number of methoxy groups -OCH3 is 1. The molecule has 1 aliphatic carbocycles. The zero-order valence-electron chi connectivity index (χ0n) is 9.84.